The number of hydrogen-bond donors (Lipinski definition) is 2. The third-order valence-corrected chi connectivity index (χ3v) is 3.70. The standard InChI is InChI=1S/C19H29N5O/c1-6-20-19(22-13-17-9-10-23-24(17)5)21-12-16-8-7-15(4)11-18(16)25-14(2)3/h7-11,14H,6,12-13H2,1-5H3,(H2,20,21,22). The summed E-state index contributed by atoms with van der Waals surface area (Å²) in [7, 11) is 1.93. The maximum atomic E-state index is 5.93. The van der Waals surface area contributed by atoms with Gasteiger partial charge in [-0.2, -0.15) is 5.10 Å². The second-order valence-electron chi connectivity index (χ2n) is 6.27. The van der Waals surface area contributed by atoms with E-state index in [0.29, 0.717) is 13.1 Å². The fraction of sp³-hybridized carbons (Fsp3) is 0.474. The molecule has 6 heteroatoms. The maximum Gasteiger partial charge on any atom is 0.191 e. The van der Waals surface area contributed by atoms with Crippen molar-refractivity contribution in [2.75, 3.05) is 6.54 Å². The number of aryl methyl sites for hydroxylation is 2. The van der Waals surface area contributed by atoms with Gasteiger partial charge < -0.3 is 15.4 Å². The average Bonchev–Trinajstić information content (AvgIpc) is 2.96. The summed E-state index contributed by atoms with van der Waals surface area (Å²) >= 11 is 0. The van der Waals surface area contributed by atoms with Crippen molar-refractivity contribution in [3.05, 3.63) is 47.3 Å². The Hall–Kier alpha value is -2.50. The molecule has 136 valence electrons. The zero-order chi connectivity index (χ0) is 18.2. The average molecular weight is 343 g/mol. The fourth-order valence-electron chi connectivity index (χ4n) is 2.41. The van der Waals surface area contributed by atoms with Crippen LogP contribution in [0.2, 0.25) is 0 Å². The van der Waals surface area contributed by atoms with Crippen molar-refractivity contribution >= 4 is 5.96 Å². The van der Waals surface area contributed by atoms with E-state index in [0.717, 1.165) is 29.5 Å². The number of aliphatic imine (C=N–C) groups is 1. The summed E-state index contributed by atoms with van der Waals surface area (Å²) in [5.74, 6) is 1.68. The van der Waals surface area contributed by atoms with Gasteiger partial charge in [-0.15, -0.1) is 0 Å². The van der Waals surface area contributed by atoms with Crippen LogP contribution in [-0.4, -0.2) is 28.4 Å². The summed E-state index contributed by atoms with van der Waals surface area (Å²) in [5.41, 5.74) is 3.37. The van der Waals surface area contributed by atoms with E-state index in [1.165, 1.54) is 5.56 Å². The lowest BCUT2D eigenvalue weighted by Gasteiger charge is -2.15. The Morgan fingerprint density at radius 1 is 1.28 bits per heavy atom. The molecule has 0 spiro atoms. The van der Waals surface area contributed by atoms with Gasteiger partial charge in [0.1, 0.15) is 5.75 Å². The molecule has 6 nitrogen and oxygen atoms in total. The summed E-state index contributed by atoms with van der Waals surface area (Å²) in [6.45, 7) is 10.2. The molecule has 1 aromatic heterocycles. The molecular formula is C19H29N5O. The van der Waals surface area contributed by atoms with Crippen molar-refractivity contribution in [1.82, 2.24) is 20.4 Å². The quantitative estimate of drug-likeness (QED) is 0.599. The van der Waals surface area contributed by atoms with Crippen LogP contribution in [0, 0.1) is 6.92 Å². The first-order valence-corrected chi connectivity index (χ1v) is 8.74. The molecule has 0 saturated heterocycles. The Morgan fingerprint density at radius 3 is 2.72 bits per heavy atom. The molecule has 0 radical (unpaired) electrons. The highest BCUT2D eigenvalue weighted by Gasteiger charge is 2.07. The van der Waals surface area contributed by atoms with Crippen LogP contribution in [0.5, 0.6) is 5.75 Å². The first kappa shape index (κ1) is 18.8. The van der Waals surface area contributed by atoms with E-state index in [9.17, 15) is 0 Å². The van der Waals surface area contributed by atoms with Gasteiger partial charge in [0.2, 0.25) is 0 Å². The number of benzene rings is 1. The molecule has 2 rings (SSSR count). The highest BCUT2D eigenvalue weighted by Crippen LogP contribution is 2.22. The maximum absolute atomic E-state index is 5.93. The minimum atomic E-state index is 0.140. The molecule has 0 saturated carbocycles. The van der Waals surface area contributed by atoms with E-state index in [1.54, 1.807) is 6.20 Å². The van der Waals surface area contributed by atoms with Gasteiger partial charge in [-0.1, -0.05) is 12.1 Å². The highest BCUT2D eigenvalue weighted by atomic mass is 16.5. The van der Waals surface area contributed by atoms with Gasteiger partial charge in [-0.05, 0) is 45.4 Å². The SMILES string of the molecule is CCNC(=NCc1ccc(C)cc1OC(C)C)NCc1ccnn1C. The summed E-state index contributed by atoms with van der Waals surface area (Å²) in [4.78, 5) is 4.70. The molecule has 0 atom stereocenters. The van der Waals surface area contributed by atoms with Crippen molar-refractivity contribution in [3.63, 3.8) is 0 Å². The van der Waals surface area contributed by atoms with Crippen LogP contribution in [0.3, 0.4) is 0 Å². The van der Waals surface area contributed by atoms with Crippen LogP contribution < -0.4 is 15.4 Å². The summed E-state index contributed by atoms with van der Waals surface area (Å²) in [6, 6.07) is 8.24. The van der Waals surface area contributed by atoms with Gasteiger partial charge in [-0.25, -0.2) is 4.99 Å². The molecule has 1 aromatic carbocycles. The zero-order valence-corrected chi connectivity index (χ0v) is 15.8. The molecule has 0 fully saturated rings. The smallest absolute Gasteiger partial charge is 0.191 e. The molecule has 2 N–H and O–H groups in total. The molecule has 0 unspecified atom stereocenters. The van der Waals surface area contributed by atoms with Gasteiger partial charge in [0.25, 0.3) is 0 Å². The van der Waals surface area contributed by atoms with E-state index in [4.69, 9.17) is 9.73 Å². The van der Waals surface area contributed by atoms with Crippen molar-refractivity contribution in [3.8, 4) is 5.75 Å². The Labute approximate surface area is 150 Å². The molecule has 0 aliphatic heterocycles. The number of ether oxygens (including phenoxy) is 1. The van der Waals surface area contributed by atoms with E-state index in [-0.39, 0.29) is 6.10 Å². The van der Waals surface area contributed by atoms with Crippen LogP contribution in [0.25, 0.3) is 0 Å². The number of hydrogen-bond acceptors (Lipinski definition) is 3. The molecule has 0 aliphatic rings. The van der Waals surface area contributed by atoms with Crippen molar-refractivity contribution < 1.29 is 4.74 Å². The lowest BCUT2D eigenvalue weighted by atomic mass is 10.1. The molecular weight excluding hydrogens is 314 g/mol. The predicted molar refractivity (Wildman–Crippen MR) is 102 cm³/mol. The zero-order valence-electron chi connectivity index (χ0n) is 15.8. The predicted octanol–water partition coefficient (Wildman–Crippen LogP) is 2.77. The van der Waals surface area contributed by atoms with Gasteiger partial charge in [0.15, 0.2) is 5.96 Å². The van der Waals surface area contributed by atoms with E-state index in [2.05, 4.69) is 47.8 Å². The van der Waals surface area contributed by atoms with Gasteiger partial charge in [-0.3, -0.25) is 4.68 Å². The van der Waals surface area contributed by atoms with E-state index >= 15 is 0 Å². The van der Waals surface area contributed by atoms with Gasteiger partial charge in [0.05, 0.1) is 24.9 Å². The number of rotatable bonds is 7. The number of nitrogens with zero attached hydrogens (tertiary/aromatic N) is 3. The molecule has 1 heterocycles. The van der Waals surface area contributed by atoms with E-state index in [1.807, 2.05) is 31.6 Å². The molecule has 0 bridgehead atoms. The Bertz CT molecular complexity index is 706. The summed E-state index contributed by atoms with van der Waals surface area (Å²) < 4.78 is 7.78. The van der Waals surface area contributed by atoms with Crippen LogP contribution in [0.4, 0.5) is 0 Å². The first-order valence-electron chi connectivity index (χ1n) is 8.74. The van der Waals surface area contributed by atoms with Crippen molar-refractivity contribution in [2.24, 2.45) is 12.0 Å². The number of guanidine groups is 1. The second-order valence-corrected chi connectivity index (χ2v) is 6.27. The molecule has 0 amide bonds. The third-order valence-electron chi connectivity index (χ3n) is 3.70. The summed E-state index contributed by atoms with van der Waals surface area (Å²) in [6.07, 6.45) is 1.93. The summed E-state index contributed by atoms with van der Waals surface area (Å²) in [5, 5.41) is 10.8. The van der Waals surface area contributed by atoms with Gasteiger partial charge in [0, 0.05) is 25.4 Å². The molecule has 0 aliphatic carbocycles. The topological polar surface area (TPSA) is 63.5 Å². The lowest BCUT2D eigenvalue weighted by Crippen LogP contribution is -2.37. The molecule has 2 aromatic rings. The second kappa shape index (κ2) is 9.11. The van der Waals surface area contributed by atoms with Crippen LogP contribution in [0.1, 0.15) is 37.6 Å². The third kappa shape index (κ3) is 5.81. The van der Waals surface area contributed by atoms with Gasteiger partial charge >= 0.3 is 0 Å². The Morgan fingerprint density at radius 2 is 2.08 bits per heavy atom. The largest absolute Gasteiger partial charge is 0.491 e. The van der Waals surface area contributed by atoms with E-state index < -0.39 is 0 Å². The number of aromatic nitrogens is 2. The highest BCUT2D eigenvalue weighted by molar-refractivity contribution is 5.79. The van der Waals surface area contributed by atoms with Crippen LogP contribution in [-0.2, 0) is 20.1 Å². The normalized spacial score (nSPS) is 11.7. The number of nitrogens with one attached hydrogen (secondary N) is 2. The first-order chi connectivity index (χ1) is 12.0. The minimum absolute atomic E-state index is 0.140. The molecule has 25 heavy (non-hydrogen) atoms. The minimum Gasteiger partial charge on any atom is -0.491 e. The van der Waals surface area contributed by atoms with Crippen LogP contribution in [0.15, 0.2) is 35.5 Å². The monoisotopic (exact) mass is 343 g/mol. The van der Waals surface area contributed by atoms with Crippen molar-refractivity contribution in [1.29, 1.82) is 0 Å². The Kier molecular flexibility index (Phi) is 6.86. The van der Waals surface area contributed by atoms with Crippen molar-refractivity contribution in [2.45, 2.75) is 46.9 Å². The lowest BCUT2D eigenvalue weighted by molar-refractivity contribution is 0.240. The van der Waals surface area contributed by atoms with Crippen LogP contribution >= 0.6 is 0 Å². The Balaban J connectivity index is 2.08. The fourth-order valence-corrected chi connectivity index (χ4v) is 2.41.